The van der Waals surface area contributed by atoms with Crippen molar-refractivity contribution in [1.29, 1.82) is 0 Å². The van der Waals surface area contributed by atoms with E-state index in [2.05, 4.69) is 40.3 Å². The van der Waals surface area contributed by atoms with Crippen molar-refractivity contribution in [3.63, 3.8) is 0 Å². The topological polar surface area (TPSA) is 106 Å². The monoisotopic (exact) mass is 376 g/mol. The minimum atomic E-state index is -2.97. The Labute approximate surface area is 149 Å². The van der Waals surface area contributed by atoms with Crippen molar-refractivity contribution in [2.75, 3.05) is 5.32 Å². The van der Waals surface area contributed by atoms with Crippen LogP contribution >= 0.6 is 0 Å². The highest BCUT2D eigenvalue weighted by Gasteiger charge is 2.11. The summed E-state index contributed by atoms with van der Waals surface area (Å²) in [5.41, 5.74) is 1.60. The zero-order valence-corrected chi connectivity index (χ0v) is 13.5. The molecule has 0 radical (unpaired) electrons. The molecule has 0 spiro atoms. The molecule has 4 heterocycles. The lowest BCUT2D eigenvalue weighted by atomic mass is 10.3. The molecule has 4 aromatic heterocycles. The molecule has 0 saturated heterocycles. The molecule has 4 rings (SSSR count). The number of nitrogens with one attached hydrogen (secondary N) is 2. The highest BCUT2D eigenvalue weighted by Crippen LogP contribution is 2.20. The van der Waals surface area contributed by atoms with Gasteiger partial charge in [0.05, 0.1) is 25.1 Å². The molecule has 9 nitrogen and oxygen atoms in total. The van der Waals surface area contributed by atoms with Crippen molar-refractivity contribution in [3.05, 3.63) is 48.3 Å². The fourth-order valence-electron chi connectivity index (χ4n) is 2.40. The number of hydrogen-bond acceptors (Lipinski definition) is 7. The minimum Gasteiger partial charge on any atom is -0.415 e. The SMILES string of the molecule is Fc1cncc(Cn2ncc3ncc(Nc4cc(OC(F)F)n[nH]4)nc32)c1. The predicted molar refractivity (Wildman–Crippen MR) is 87.1 cm³/mol. The number of alkyl halides is 2. The van der Waals surface area contributed by atoms with Gasteiger partial charge in [0.25, 0.3) is 0 Å². The number of halogens is 3. The van der Waals surface area contributed by atoms with Crippen molar-refractivity contribution >= 4 is 22.8 Å². The van der Waals surface area contributed by atoms with Gasteiger partial charge in [0.15, 0.2) is 11.5 Å². The van der Waals surface area contributed by atoms with Crippen LogP contribution in [0.1, 0.15) is 5.56 Å². The van der Waals surface area contributed by atoms with E-state index in [1.54, 1.807) is 4.68 Å². The molecule has 0 atom stereocenters. The quantitative estimate of drug-likeness (QED) is 0.532. The number of rotatable bonds is 6. The maximum atomic E-state index is 13.3. The number of hydrogen-bond donors (Lipinski definition) is 2. The van der Waals surface area contributed by atoms with Crippen molar-refractivity contribution < 1.29 is 17.9 Å². The summed E-state index contributed by atoms with van der Waals surface area (Å²) in [6.45, 7) is -2.72. The Hall–Kier alpha value is -3.70. The van der Waals surface area contributed by atoms with E-state index in [0.717, 1.165) is 6.20 Å². The summed E-state index contributed by atoms with van der Waals surface area (Å²) >= 11 is 0. The van der Waals surface area contributed by atoms with Gasteiger partial charge < -0.3 is 10.1 Å². The Kier molecular flexibility index (Phi) is 4.28. The van der Waals surface area contributed by atoms with Gasteiger partial charge in [-0.3, -0.25) is 10.1 Å². The van der Waals surface area contributed by atoms with E-state index in [1.807, 2.05) is 0 Å². The van der Waals surface area contributed by atoms with Crippen LogP contribution < -0.4 is 10.1 Å². The molecule has 0 fully saturated rings. The standard InChI is InChI=1S/C15H11F3N8O/c16-9-1-8(3-19-4-9)7-26-14-10(5-21-26)20-6-12(23-14)22-11-2-13(25-24-11)27-15(17)18/h1-6,15H,7H2,(H2,22,23,24,25). The summed E-state index contributed by atoms with van der Waals surface area (Å²) in [6.07, 6.45) is 5.63. The molecule has 0 aliphatic carbocycles. The van der Waals surface area contributed by atoms with Gasteiger partial charge in [-0.1, -0.05) is 0 Å². The third-order valence-corrected chi connectivity index (χ3v) is 3.47. The smallest absolute Gasteiger partial charge is 0.388 e. The van der Waals surface area contributed by atoms with Gasteiger partial charge in [0.1, 0.15) is 17.2 Å². The van der Waals surface area contributed by atoms with Crippen LogP contribution in [0.15, 0.2) is 36.9 Å². The summed E-state index contributed by atoms with van der Waals surface area (Å²) in [6, 6.07) is 2.61. The third kappa shape index (κ3) is 3.78. The van der Waals surface area contributed by atoms with E-state index in [1.165, 1.54) is 30.7 Å². The van der Waals surface area contributed by atoms with Crippen molar-refractivity contribution in [2.24, 2.45) is 0 Å². The molecule has 0 aliphatic rings. The second-order valence-electron chi connectivity index (χ2n) is 5.40. The summed E-state index contributed by atoms with van der Waals surface area (Å²) in [5.74, 6) is -0.0859. The fraction of sp³-hybridized carbons (Fsp3) is 0.133. The van der Waals surface area contributed by atoms with E-state index < -0.39 is 12.4 Å². The maximum absolute atomic E-state index is 13.3. The van der Waals surface area contributed by atoms with E-state index in [-0.39, 0.29) is 12.4 Å². The molecular formula is C15H11F3N8O. The number of H-pyrrole nitrogens is 1. The summed E-state index contributed by atoms with van der Waals surface area (Å²) in [7, 11) is 0. The zero-order chi connectivity index (χ0) is 18.8. The number of ether oxygens (including phenoxy) is 1. The molecule has 27 heavy (non-hydrogen) atoms. The van der Waals surface area contributed by atoms with Crippen LogP contribution in [0.2, 0.25) is 0 Å². The first-order chi connectivity index (χ1) is 13.1. The van der Waals surface area contributed by atoms with Crippen LogP contribution in [0.4, 0.5) is 24.8 Å². The molecule has 0 unspecified atom stereocenters. The number of fused-ring (bicyclic) bond motifs is 1. The second kappa shape index (κ2) is 6.90. The van der Waals surface area contributed by atoms with Gasteiger partial charge in [-0.25, -0.2) is 19.0 Å². The molecule has 0 amide bonds. The maximum Gasteiger partial charge on any atom is 0.388 e. The molecular weight excluding hydrogens is 365 g/mol. The average molecular weight is 376 g/mol. The number of aromatic amines is 1. The normalized spacial score (nSPS) is 11.3. The number of pyridine rings is 1. The van der Waals surface area contributed by atoms with E-state index >= 15 is 0 Å². The van der Waals surface area contributed by atoms with Gasteiger partial charge in [-0.15, -0.1) is 5.10 Å². The Morgan fingerprint density at radius 1 is 1.19 bits per heavy atom. The van der Waals surface area contributed by atoms with Crippen molar-refractivity contribution in [3.8, 4) is 5.88 Å². The largest absolute Gasteiger partial charge is 0.415 e. The number of anilines is 2. The lowest BCUT2D eigenvalue weighted by Gasteiger charge is -2.05. The Bertz CT molecular complexity index is 1080. The van der Waals surface area contributed by atoms with E-state index in [4.69, 9.17) is 0 Å². The van der Waals surface area contributed by atoms with Gasteiger partial charge in [-0.05, 0) is 11.6 Å². The first-order valence-electron chi connectivity index (χ1n) is 7.62. The third-order valence-electron chi connectivity index (χ3n) is 3.47. The van der Waals surface area contributed by atoms with Crippen molar-refractivity contribution in [1.82, 2.24) is 34.9 Å². The van der Waals surface area contributed by atoms with Crippen LogP contribution in [0, 0.1) is 5.82 Å². The predicted octanol–water partition coefficient (Wildman–Crippen LogP) is 2.48. The van der Waals surface area contributed by atoms with Crippen LogP contribution in [-0.2, 0) is 6.54 Å². The molecule has 0 aromatic carbocycles. The highest BCUT2D eigenvalue weighted by molar-refractivity contribution is 5.72. The minimum absolute atomic E-state index is 0.253. The molecule has 0 aliphatic heterocycles. The Morgan fingerprint density at radius 3 is 2.89 bits per heavy atom. The van der Waals surface area contributed by atoms with E-state index in [0.29, 0.717) is 28.4 Å². The molecule has 0 saturated carbocycles. The van der Waals surface area contributed by atoms with Gasteiger partial charge in [-0.2, -0.15) is 13.9 Å². The lowest BCUT2D eigenvalue weighted by molar-refractivity contribution is -0.0528. The first kappa shape index (κ1) is 16.8. The average Bonchev–Trinajstić information content (AvgIpc) is 3.22. The first-order valence-corrected chi connectivity index (χ1v) is 7.62. The Morgan fingerprint density at radius 2 is 2.07 bits per heavy atom. The van der Waals surface area contributed by atoms with Gasteiger partial charge in [0, 0.05) is 12.3 Å². The van der Waals surface area contributed by atoms with Gasteiger partial charge in [0.2, 0.25) is 5.88 Å². The molecule has 138 valence electrons. The van der Waals surface area contributed by atoms with Gasteiger partial charge >= 0.3 is 6.61 Å². The second-order valence-corrected chi connectivity index (χ2v) is 5.40. The van der Waals surface area contributed by atoms with E-state index in [9.17, 15) is 13.2 Å². The molecule has 4 aromatic rings. The molecule has 2 N–H and O–H groups in total. The number of nitrogens with zero attached hydrogens (tertiary/aromatic N) is 6. The lowest BCUT2D eigenvalue weighted by Crippen LogP contribution is -2.04. The summed E-state index contributed by atoms with van der Waals surface area (Å²) < 4.78 is 43.4. The molecule has 0 bridgehead atoms. The highest BCUT2D eigenvalue weighted by atomic mass is 19.3. The molecule has 12 heteroatoms. The number of aromatic nitrogens is 7. The fourth-order valence-corrected chi connectivity index (χ4v) is 2.40. The van der Waals surface area contributed by atoms with Crippen LogP contribution in [0.5, 0.6) is 5.88 Å². The summed E-state index contributed by atoms with van der Waals surface area (Å²) in [5, 5.41) is 13.1. The van der Waals surface area contributed by atoms with Crippen LogP contribution in [0.25, 0.3) is 11.2 Å². The summed E-state index contributed by atoms with van der Waals surface area (Å²) in [4.78, 5) is 12.4. The van der Waals surface area contributed by atoms with Crippen molar-refractivity contribution in [2.45, 2.75) is 13.2 Å². The zero-order valence-electron chi connectivity index (χ0n) is 13.5. The van der Waals surface area contributed by atoms with Crippen LogP contribution in [-0.4, -0.2) is 41.5 Å². The van der Waals surface area contributed by atoms with Crippen LogP contribution in [0.3, 0.4) is 0 Å². The Balaban J connectivity index is 1.57.